The normalized spacial score (nSPS) is 18.6. The molecule has 2 fully saturated rings. The summed E-state index contributed by atoms with van der Waals surface area (Å²) in [6.45, 7) is 4.79. The van der Waals surface area contributed by atoms with E-state index >= 15 is 0 Å². The molecule has 6 heteroatoms. The molecule has 0 bridgehead atoms. The van der Waals surface area contributed by atoms with Crippen LogP contribution in [0.25, 0.3) is 0 Å². The van der Waals surface area contributed by atoms with Gasteiger partial charge in [-0.3, -0.25) is 4.99 Å². The number of hydrogen-bond acceptors (Lipinski definition) is 2. The highest BCUT2D eigenvalue weighted by Crippen LogP contribution is 2.31. The number of rotatable bonds is 4. The van der Waals surface area contributed by atoms with Crippen LogP contribution in [0.2, 0.25) is 0 Å². The molecule has 1 aromatic rings. The molecule has 0 radical (unpaired) electrons. The van der Waals surface area contributed by atoms with Gasteiger partial charge >= 0.3 is 0 Å². The lowest BCUT2D eigenvalue weighted by Gasteiger charge is -2.37. The molecule has 1 N–H and O–H groups in total. The van der Waals surface area contributed by atoms with Crippen molar-refractivity contribution < 1.29 is 4.39 Å². The maximum atomic E-state index is 13.0. The highest BCUT2D eigenvalue weighted by Gasteiger charge is 2.22. The Labute approximate surface area is 155 Å². The van der Waals surface area contributed by atoms with Gasteiger partial charge in [-0.2, -0.15) is 0 Å². The van der Waals surface area contributed by atoms with Crippen molar-refractivity contribution in [3.8, 4) is 0 Å². The fourth-order valence-corrected chi connectivity index (χ4v) is 2.96. The van der Waals surface area contributed by atoms with E-state index in [9.17, 15) is 4.39 Å². The molecule has 3 rings (SSSR count). The molecular formula is C17H26FIN4. The van der Waals surface area contributed by atoms with E-state index < -0.39 is 0 Å². The second kappa shape index (κ2) is 8.70. The third kappa shape index (κ3) is 5.22. The number of halogens is 2. The Morgan fingerprint density at radius 3 is 2.39 bits per heavy atom. The Hall–Kier alpha value is -1.05. The van der Waals surface area contributed by atoms with Crippen LogP contribution in [-0.2, 0) is 0 Å². The SMILES string of the molecule is CN=C(NCCC1CC1)N1CCN(c2ccc(F)cc2)CC1.I. The second-order valence-electron chi connectivity index (χ2n) is 6.16. The van der Waals surface area contributed by atoms with Crippen LogP contribution in [0.15, 0.2) is 29.3 Å². The van der Waals surface area contributed by atoms with Crippen LogP contribution in [0.5, 0.6) is 0 Å². The van der Waals surface area contributed by atoms with Gasteiger partial charge < -0.3 is 15.1 Å². The minimum Gasteiger partial charge on any atom is -0.368 e. The monoisotopic (exact) mass is 432 g/mol. The van der Waals surface area contributed by atoms with Crippen molar-refractivity contribution in [2.75, 3.05) is 44.7 Å². The maximum Gasteiger partial charge on any atom is 0.193 e. The quantitative estimate of drug-likeness (QED) is 0.451. The van der Waals surface area contributed by atoms with Crippen molar-refractivity contribution in [1.29, 1.82) is 0 Å². The number of piperazine rings is 1. The first-order valence-corrected chi connectivity index (χ1v) is 8.22. The molecule has 1 saturated heterocycles. The number of hydrogen-bond donors (Lipinski definition) is 1. The van der Waals surface area contributed by atoms with Crippen molar-refractivity contribution in [2.45, 2.75) is 19.3 Å². The first kappa shape index (κ1) is 18.3. The van der Waals surface area contributed by atoms with E-state index in [0.29, 0.717) is 0 Å². The summed E-state index contributed by atoms with van der Waals surface area (Å²) in [4.78, 5) is 9.01. The van der Waals surface area contributed by atoms with Crippen LogP contribution >= 0.6 is 24.0 Å². The Kier molecular flexibility index (Phi) is 6.92. The van der Waals surface area contributed by atoms with E-state index in [2.05, 4.69) is 20.1 Å². The van der Waals surface area contributed by atoms with Gasteiger partial charge in [0.1, 0.15) is 5.82 Å². The minimum absolute atomic E-state index is 0. The van der Waals surface area contributed by atoms with Crippen molar-refractivity contribution in [1.82, 2.24) is 10.2 Å². The number of anilines is 1. The van der Waals surface area contributed by atoms with Gasteiger partial charge in [0.15, 0.2) is 5.96 Å². The summed E-state index contributed by atoms with van der Waals surface area (Å²) in [5, 5.41) is 3.48. The van der Waals surface area contributed by atoms with Gasteiger partial charge in [0.2, 0.25) is 0 Å². The van der Waals surface area contributed by atoms with Crippen LogP contribution in [0.3, 0.4) is 0 Å². The lowest BCUT2D eigenvalue weighted by atomic mass is 10.2. The maximum absolute atomic E-state index is 13.0. The topological polar surface area (TPSA) is 30.9 Å². The van der Waals surface area contributed by atoms with E-state index in [-0.39, 0.29) is 29.8 Å². The Morgan fingerprint density at radius 2 is 1.83 bits per heavy atom. The van der Waals surface area contributed by atoms with E-state index in [1.165, 1.54) is 31.4 Å². The fraction of sp³-hybridized carbons (Fsp3) is 0.588. The standard InChI is InChI=1S/C17H25FN4.HI/c1-19-17(20-9-8-14-2-3-14)22-12-10-21(11-13-22)16-6-4-15(18)5-7-16;/h4-7,14H,2-3,8-13H2,1H3,(H,19,20);1H. The molecule has 1 aliphatic carbocycles. The molecule has 1 aliphatic heterocycles. The highest BCUT2D eigenvalue weighted by atomic mass is 127. The number of benzene rings is 1. The smallest absolute Gasteiger partial charge is 0.193 e. The zero-order valence-electron chi connectivity index (χ0n) is 13.7. The summed E-state index contributed by atoms with van der Waals surface area (Å²) in [6, 6.07) is 6.77. The van der Waals surface area contributed by atoms with Crippen molar-refractivity contribution in [3.05, 3.63) is 30.1 Å². The minimum atomic E-state index is -0.178. The largest absolute Gasteiger partial charge is 0.368 e. The molecule has 1 saturated carbocycles. The molecule has 0 amide bonds. The predicted octanol–water partition coefficient (Wildman–Crippen LogP) is 2.94. The van der Waals surface area contributed by atoms with Crippen LogP contribution < -0.4 is 10.2 Å². The van der Waals surface area contributed by atoms with E-state index in [4.69, 9.17) is 0 Å². The first-order valence-electron chi connectivity index (χ1n) is 8.22. The summed E-state index contributed by atoms with van der Waals surface area (Å²) in [5.41, 5.74) is 1.10. The average Bonchev–Trinajstić information content (AvgIpc) is 3.37. The third-order valence-electron chi connectivity index (χ3n) is 4.52. The van der Waals surface area contributed by atoms with E-state index in [1.54, 1.807) is 0 Å². The van der Waals surface area contributed by atoms with Crippen LogP contribution in [0.4, 0.5) is 10.1 Å². The summed E-state index contributed by atoms with van der Waals surface area (Å²) < 4.78 is 13.0. The average molecular weight is 432 g/mol. The van der Waals surface area contributed by atoms with Crippen molar-refractivity contribution in [3.63, 3.8) is 0 Å². The Bertz CT molecular complexity index is 508. The van der Waals surface area contributed by atoms with Crippen LogP contribution in [-0.4, -0.2) is 50.6 Å². The molecule has 1 aromatic carbocycles. The first-order chi connectivity index (χ1) is 10.8. The lowest BCUT2D eigenvalue weighted by Crippen LogP contribution is -2.52. The molecule has 128 valence electrons. The zero-order chi connectivity index (χ0) is 15.4. The Balaban J connectivity index is 0.00000192. The van der Waals surface area contributed by atoms with Gasteiger partial charge in [-0.25, -0.2) is 4.39 Å². The molecular weight excluding hydrogens is 406 g/mol. The summed E-state index contributed by atoms with van der Waals surface area (Å²) >= 11 is 0. The van der Waals surface area contributed by atoms with Crippen LogP contribution in [0.1, 0.15) is 19.3 Å². The third-order valence-corrected chi connectivity index (χ3v) is 4.52. The van der Waals surface area contributed by atoms with E-state index in [0.717, 1.165) is 50.3 Å². The van der Waals surface area contributed by atoms with E-state index in [1.807, 2.05) is 19.2 Å². The zero-order valence-corrected chi connectivity index (χ0v) is 16.0. The Morgan fingerprint density at radius 1 is 1.17 bits per heavy atom. The molecule has 0 atom stereocenters. The lowest BCUT2D eigenvalue weighted by molar-refractivity contribution is 0.372. The van der Waals surface area contributed by atoms with Crippen LogP contribution in [0, 0.1) is 11.7 Å². The van der Waals surface area contributed by atoms with Gasteiger partial charge in [0.05, 0.1) is 0 Å². The fourth-order valence-electron chi connectivity index (χ4n) is 2.96. The molecule has 2 aliphatic rings. The highest BCUT2D eigenvalue weighted by molar-refractivity contribution is 14.0. The molecule has 23 heavy (non-hydrogen) atoms. The van der Waals surface area contributed by atoms with Crippen molar-refractivity contribution >= 4 is 35.6 Å². The molecule has 0 aromatic heterocycles. The second-order valence-corrected chi connectivity index (χ2v) is 6.16. The van der Waals surface area contributed by atoms with Crippen molar-refractivity contribution in [2.24, 2.45) is 10.9 Å². The summed E-state index contributed by atoms with van der Waals surface area (Å²) in [6.07, 6.45) is 4.06. The van der Waals surface area contributed by atoms with Gasteiger partial charge in [-0.05, 0) is 36.6 Å². The number of nitrogens with zero attached hydrogens (tertiary/aromatic N) is 3. The van der Waals surface area contributed by atoms with Gasteiger partial charge in [0, 0.05) is 45.5 Å². The predicted molar refractivity (Wildman–Crippen MR) is 104 cm³/mol. The summed E-state index contributed by atoms with van der Waals surface area (Å²) in [5.74, 6) is 1.78. The molecule has 0 unspecified atom stereocenters. The molecule has 4 nitrogen and oxygen atoms in total. The van der Waals surface area contributed by atoms with Gasteiger partial charge in [-0.15, -0.1) is 24.0 Å². The number of nitrogens with one attached hydrogen (secondary N) is 1. The molecule has 1 heterocycles. The number of guanidine groups is 1. The summed E-state index contributed by atoms with van der Waals surface area (Å²) in [7, 11) is 1.85. The number of aliphatic imine (C=N–C) groups is 1. The molecule has 0 spiro atoms. The van der Waals surface area contributed by atoms with Gasteiger partial charge in [0.25, 0.3) is 0 Å². The van der Waals surface area contributed by atoms with Gasteiger partial charge in [-0.1, -0.05) is 12.8 Å².